The highest BCUT2D eigenvalue weighted by Gasteiger charge is 2.42. The van der Waals surface area contributed by atoms with Gasteiger partial charge in [0.25, 0.3) is 5.91 Å². The molecule has 1 amide bonds. The zero-order valence-corrected chi connectivity index (χ0v) is 27.7. The average Bonchev–Trinajstić information content (AvgIpc) is 3.15. The van der Waals surface area contributed by atoms with E-state index in [9.17, 15) is 22.4 Å². The number of fused-ring (bicyclic) bond motifs is 1. The molecule has 0 saturated carbocycles. The summed E-state index contributed by atoms with van der Waals surface area (Å²) < 4.78 is 58.3. The molecule has 248 valence electrons. The van der Waals surface area contributed by atoms with Crippen LogP contribution in [0.1, 0.15) is 64.0 Å². The molecule has 0 saturated heterocycles. The zero-order chi connectivity index (χ0) is 33.3. The van der Waals surface area contributed by atoms with Crippen molar-refractivity contribution >= 4 is 33.1 Å². The molecule has 0 fully saturated rings. The van der Waals surface area contributed by atoms with Crippen LogP contribution in [0.3, 0.4) is 0 Å². The predicted octanol–water partition coefficient (Wildman–Crippen LogP) is 6.54. The van der Waals surface area contributed by atoms with Gasteiger partial charge in [0.2, 0.25) is 0 Å². The molecule has 46 heavy (non-hydrogen) atoms. The fraction of sp³-hybridized carbons (Fsp3) is 0.429. The Morgan fingerprint density at radius 1 is 0.957 bits per heavy atom. The number of para-hydroxylation sites is 1. The number of nitrogens with one attached hydrogen (secondary N) is 1. The fourth-order valence-electron chi connectivity index (χ4n) is 5.98. The third kappa shape index (κ3) is 8.17. The quantitative estimate of drug-likeness (QED) is 0.195. The van der Waals surface area contributed by atoms with Crippen LogP contribution in [0.15, 0.2) is 71.6 Å². The van der Waals surface area contributed by atoms with Crippen LogP contribution < -0.4 is 19.7 Å². The second kappa shape index (κ2) is 15.4. The Morgan fingerprint density at radius 3 is 2.20 bits per heavy atom. The van der Waals surface area contributed by atoms with Crippen LogP contribution in [-0.2, 0) is 24.2 Å². The van der Waals surface area contributed by atoms with Gasteiger partial charge in [-0.25, -0.2) is 17.6 Å². The molecule has 3 aromatic rings. The molecule has 11 heteroatoms. The number of unbranched alkanes of at least 4 members (excludes halogenated alkanes) is 2. The van der Waals surface area contributed by atoms with Gasteiger partial charge in [-0.15, -0.1) is 0 Å². The number of nitrogens with zero attached hydrogens (tertiary/aromatic N) is 1. The first-order chi connectivity index (χ1) is 22.1. The number of anilines is 2. The van der Waals surface area contributed by atoms with Crippen LogP contribution in [0.2, 0.25) is 0 Å². The summed E-state index contributed by atoms with van der Waals surface area (Å²) in [6.07, 6.45) is 5.29. The second-order valence-corrected chi connectivity index (χ2v) is 13.7. The topological polar surface area (TPSA) is 111 Å². The van der Waals surface area contributed by atoms with Crippen LogP contribution >= 0.6 is 0 Å². The smallest absolute Gasteiger partial charge is 0.333 e. The van der Waals surface area contributed by atoms with Gasteiger partial charge in [0.1, 0.15) is 5.82 Å². The summed E-state index contributed by atoms with van der Waals surface area (Å²) in [5.74, 6) is -1.61. The number of ether oxygens (including phenoxy) is 3. The Kier molecular flexibility index (Phi) is 11.7. The van der Waals surface area contributed by atoms with Gasteiger partial charge in [0, 0.05) is 29.8 Å². The van der Waals surface area contributed by atoms with Gasteiger partial charge in [0.15, 0.2) is 34.0 Å². The highest BCUT2D eigenvalue weighted by atomic mass is 32.2. The van der Waals surface area contributed by atoms with E-state index in [1.807, 2.05) is 30.3 Å². The van der Waals surface area contributed by atoms with Gasteiger partial charge < -0.3 is 24.4 Å². The maximum atomic E-state index is 14.3. The zero-order valence-electron chi connectivity index (χ0n) is 26.9. The fourth-order valence-corrected chi connectivity index (χ4v) is 8.09. The average molecular weight is 655 g/mol. The Bertz CT molecular complexity index is 1590. The van der Waals surface area contributed by atoms with E-state index in [4.69, 9.17) is 14.2 Å². The van der Waals surface area contributed by atoms with Crippen molar-refractivity contribution in [3.05, 3.63) is 78.1 Å². The van der Waals surface area contributed by atoms with E-state index in [-0.39, 0.29) is 22.1 Å². The van der Waals surface area contributed by atoms with E-state index in [1.165, 1.54) is 44.6 Å². The minimum absolute atomic E-state index is 0.0128. The molecule has 1 N–H and O–H groups in total. The van der Waals surface area contributed by atoms with E-state index in [0.29, 0.717) is 17.8 Å². The van der Waals surface area contributed by atoms with Gasteiger partial charge in [-0.3, -0.25) is 4.79 Å². The molecule has 1 atom stereocenters. The predicted molar refractivity (Wildman–Crippen MR) is 175 cm³/mol. The van der Waals surface area contributed by atoms with Crippen LogP contribution in [0.5, 0.6) is 11.5 Å². The molecule has 0 aromatic heterocycles. The first kappa shape index (κ1) is 34.7. The SMILES string of the molecule is CCCCC1(CCCC)CN(c2ccccc2)c2cc(OC)c(OCC(=O)N[C@@H](C(=O)OC)c3ccc(F)cc3)cc2S(=O)(=O)C1. The maximum Gasteiger partial charge on any atom is 0.333 e. The third-order valence-corrected chi connectivity index (χ3v) is 10.3. The maximum absolute atomic E-state index is 14.3. The number of halogens is 1. The van der Waals surface area contributed by atoms with Crippen molar-refractivity contribution in [2.45, 2.75) is 63.3 Å². The number of esters is 1. The molecular formula is C35H43FN2O7S. The summed E-state index contributed by atoms with van der Waals surface area (Å²) in [6, 6.07) is 16.7. The molecular weight excluding hydrogens is 611 g/mol. The van der Waals surface area contributed by atoms with Crippen LogP contribution in [0, 0.1) is 11.2 Å². The summed E-state index contributed by atoms with van der Waals surface area (Å²) in [6.45, 7) is 4.19. The number of carbonyl (C=O) groups excluding carboxylic acids is 2. The number of methoxy groups -OCH3 is 2. The number of benzene rings is 3. The molecule has 0 bridgehead atoms. The highest BCUT2D eigenvalue weighted by Crippen LogP contribution is 2.48. The number of hydrogen-bond acceptors (Lipinski definition) is 8. The second-order valence-electron chi connectivity index (χ2n) is 11.7. The summed E-state index contributed by atoms with van der Waals surface area (Å²) in [7, 11) is -1.19. The van der Waals surface area contributed by atoms with Crippen LogP contribution in [0.4, 0.5) is 15.8 Å². The van der Waals surface area contributed by atoms with Crippen molar-refractivity contribution in [3.8, 4) is 11.5 Å². The third-order valence-electron chi connectivity index (χ3n) is 8.35. The van der Waals surface area contributed by atoms with E-state index < -0.39 is 45.6 Å². The van der Waals surface area contributed by atoms with Gasteiger partial charge in [-0.1, -0.05) is 69.9 Å². The lowest BCUT2D eigenvalue weighted by molar-refractivity contribution is -0.145. The van der Waals surface area contributed by atoms with E-state index in [1.54, 1.807) is 6.07 Å². The first-order valence-electron chi connectivity index (χ1n) is 15.6. The molecule has 4 rings (SSSR count). The molecule has 0 aliphatic carbocycles. The van der Waals surface area contributed by atoms with Crippen molar-refractivity contribution < 1.29 is 36.6 Å². The highest BCUT2D eigenvalue weighted by molar-refractivity contribution is 7.91. The van der Waals surface area contributed by atoms with Crippen molar-refractivity contribution in [3.63, 3.8) is 0 Å². The Labute approximate surface area is 271 Å². The molecule has 1 aliphatic heterocycles. The normalized spacial score (nSPS) is 15.6. The number of carbonyl (C=O) groups is 2. The van der Waals surface area contributed by atoms with E-state index in [0.717, 1.165) is 44.2 Å². The largest absolute Gasteiger partial charge is 0.493 e. The minimum Gasteiger partial charge on any atom is -0.493 e. The van der Waals surface area contributed by atoms with Crippen molar-refractivity contribution in [1.82, 2.24) is 5.32 Å². The molecule has 1 heterocycles. The molecule has 0 spiro atoms. The summed E-state index contributed by atoms with van der Waals surface area (Å²) in [5.41, 5.74) is 1.20. The van der Waals surface area contributed by atoms with E-state index in [2.05, 4.69) is 24.1 Å². The lowest BCUT2D eigenvalue weighted by Gasteiger charge is -2.37. The molecule has 3 aromatic carbocycles. The summed E-state index contributed by atoms with van der Waals surface area (Å²) in [5, 5.41) is 2.55. The van der Waals surface area contributed by atoms with Gasteiger partial charge in [0.05, 0.1) is 30.6 Å². The Morgan fingerprint density at radius 2 is 1.61 bits per heavy atom. The monoisotopic (exact) mass is 654 g/mol. The number of rotatable bonds is 14. The Hall–Kier alpha value is -4.12. The van der Waals surface area contributed by atoms with Crippen LogP contribution in [-0.4, -0.2) is 53.4 Å². The molecule has 0 unspecified atom stereocenters. The first-order valence-corrected chi connectivity index (χ1v) is 17.2. The van der Waals surface area contributed by atoms with Crippen molar-refractivity contribution in [2.75, 3.05) is 38.0 Å². The van der Waals surface area contributed by atoms with Crippen LogP contribution in [0.25, 0.3) is 0 Å². The van der Waals surface area contributed by atoms with Crippen molar-refractivity contribution in [2.24, 2.45) is 5.41 Å². The van der Waals surface area contributed by atoms with Gasteiger partial charge >= 0.3 is 5.97 Å². The summed E-state index contributed by atoms with van der Waals surface area (Å²) in [4.78, 5) is 27.6. The number of hydrogen-bond donors (Lipinski definition) is 1. The summed E-state index contributed by atoms with van der Waals surface area (Å²) >= 11 is 0. The minimum atomic E-state index is -3.82. The van der Waals surface area contributed by atoms with E-state index >= 15 is 0 Å². The molecule has 0 radical (unpaired) electrons. The van der Waals surface area contributed by atoms with Gasteiger partial charge in [-0.2, -0.15) is 0 Å². The molecule has 1 aliphatic rings. The lowest BCUT2D eigenvalue weighted by atomic mass is 9.79. The number of sulfone groups is 1. The standard InChI is InChI=1S/C35H43FN2O7S/c1-5-7-18-35(19-8-6-2)23-38(27-12-10-9-11-13-27)28-20-29(43-3)30(21-31(28)46(41,42)24-35)45-22-32(39)37-33(34(40)44-4)25-14-16-26(36)17-15-25/h9-17,20-21,33H,5-8,18-19,22-24H2,1-4H3,(H,37,39)/t33-/m1/s1. The lowest BCUT2D eigenvalue weighted by Crippen LogP contribution is -2.38. The van der Waals surface area contributed by atoms with Gasteiger partial charge in [-0.05, 0) is 42.7 Å². The Balaban J connectivity index is 1.70. The van der Waals surface area contributed by atoms with Crippen molar-refractivity contribution in [1.29, 1.82) is 0 Å². The molecule has 9 nitrogen and oxygen atoms in total. The number of amides is 1.